The van der Waals surface area contributed by atoms with Crippen LogP contribution in [0.15, 0.2) is 24.4 Å². The molecule has 1 saturated heterocycles. The lowest BCUT2D eigenvalue weighted by atomic mass is 9.99. The fourth-order valence-corrected chi connectivity index (χ4v) is 2.81. The summed E-state index contributed by atoms with van der Waals surface area (Å²) >= 11 is 0. The first-order valence-electron chi connectivity index (χ1n) is 8.60. The standard InChI is InChI=1S/C18H23FN4O3/c1-11-2-4-13(6-16(11)19)25-9-12-3-5-14(26-10-12)7-21-18(24)15-8-22-23-17(15)20/h2,4,6,8,12,14H,3,5,7,9-10H2,1H3,(H,21,24)(H3,20,22,23)/t12-,14+/m0/s1. The van der Waals surface area contributed by atoms with E-state index in [1.165, 1.54) is 12.3 Å². The predicted octanol–water partition coefficient (Wildman–Crippen LogP) is 2.04. The van der Waals surface area contributed by atoms with Crippen LogP contribution in [-0.2, 0) is 4.74 Å². The Morgan fingerprint density at radius 1 is 1.50 bits per heavy atom. The van der Waals surface area contributed by atoms with Gasteiger partial charge in [0.05, 0.1) is 25.5 Å². The molecule has 1 aromatic heterocycles. The van der Waals surface area contributed by atoms with Crippen molar-refractivity contribution in [3.8, 4) is 5.75 Å². The maximum Gasteiger partial charge on any atom is 0.256 e. The number of aromatic amines is 1. The average Bonchev–Trinajstić information content (AvgIpc) is 3.07. The van der Waals surface area contributed by atoms with E-state index in [2.05, 4.69) is 15.5 Å². The first-order valence-corrected chi connectivity index (χ1v) is 8.60. The normalized spacial score (nSPS) is 19.9. The quantitative estimate of drug-likeness (QED) is 0.730. The third-order valence-corrected chi connectivity index (χ3v) is 4.50. The number of aryl methyl sites for hydroxylation is 1. The van der Waals surface area contributed by atoms with Crippen LogP contribution in [0.2, 0.25) is 0 Å². The Morgan fingerprint density at radius 2 is 2.35 bits per heavy atom. The van der Waals surface area contributed by atoms with Gasteiger partial charge in [0, 0.05) is 18.5 Å². The molecule has 2 aromatic rings. The Hall–Kier alpha value is -2.61. The molecule has 0 aliphatic carbocycles. The van der Waals surface area contributed by atoms with Gasteiger partial charge in [-0.05, 0) is 31.4 Å². The van der Waals surface area contributed by atoms with Crippen molar-refractivity contribution in [1.29, 1.82) is 0 Å². The molecule has 1 aromatic carbocycles. The number of nitrogen functional groups attached to an aromatic ring is 1. The minimum Gasteiger partial charge on any atom is -0.493 e. The van der Waals surface area contributed by atoms with Crippen molar-refractivity contribution in [2.24, 2.45) is 5.92 Å². The second-order valence-electron chi connectivity index (χ2n) is 6.53. The lowest BCUT2D eigenvalue weighted by Crippen LogP contribution is -2.38. The van der Waals surface area contributed by atoms with Gasteiger partial charge in [0.15, 0.2) is 0 Å². The van der Waals surface area contributed by atoms with Crippen LogP contribution >= 0.6 is 0 Å². The number of carbonyl (C=O) groups excluding carboxylic acids is 1. The van der Waals surface area contributed by atoms with Gasteiger partial charge in [0.1, 0.15) is 22.9 Å². The number of nitrogens with two attached hydrogens (primary N) is 1. The molecule has 7 nitrogen and oxygen atoms in total. The summed E-state index contributed by atoms with van der Waals surface area (Å²) in [7, 11) is 0. The fourth-order valence-electron chi connectivity index (χ4n) is 2.81. The van der Waals surface area contributed by atoms with E-state index in [0.29, 0.717) is 36.6 Å². The van der Waals surface area contributed by atoms with E-state index < -0.39 is 0 Å². The molecule has 0 unspecified atom stereocenters. The zero-order valence-electron chi connectivity index (χ0n) is 14.6. The zero-order chi connectivity index (χ0) is 18.5. The summed E-state index contributed by atoms with van der Waals surface area (Å²) in [6, 6.07) is 4.87. The highest BCUT2D eigenvalue weighted by atomic mass is 19.1. The van der Waals surface area contributed by atoms with Gasteiger partial charge in [0.25, 0.3) is 5.91 Å². The van der Waals surface area contributed by atoms with Crippen molar-refractivity contribution in [2.45, 2.75) is 25.9 Å². The molecule has 140 valence electrons. The lowest BCUT2D eigenvalue weighted by Gasteiger charge is -2.29. The molecule has 26 heavy (non-hydrogen) atoms. The Balaban J connectivity index is 1.38. The van der Waals surface area contributed by atoms with Gasteiger partial charge in [0.2, 0.25) is 0 Å². The Kier molecular flexibility index (Phi) is 5.72. The van der Waals surface area contributed by atoms with Crippen LogP contribution in [0.4, 0.5) is 10.2 Å². The molecule has 0 radical (unpaired) electrons. The molecule has 0 spiro atoms. The largest absolute Gasteiger partial charge is 0.493 e. The van der Waals surface area contributed by atoms with Gasteiger partial charge < -0.3 is 20.5 Å². The maximum atomic E-state index is 13.5. The second-order valence-corrected chi connectivity index (χ2v) is 6.53. The number of carbonyl (C=O) groups is 1. The number of benzene rings is 1. The van der Waals surface area contributed by atoms with E-state index in [-0.39, 0.29) is 29.6 Å². The van der Waals surface area contributed by atoms with Crippen LogP contribution < -0.4 is 15.8 Å². The summed E-state index contributed by atoms with van der Waals surface area (Å²) in [4.78, 5) is 12.0. The van der Waals surface area contributed by atoms with E-state index >= 15 is 0 Å². The minimum atomic E-state index is -0.272. The number of nitrogens with one attached hydrogen (secondary N) is 2. The highest BCUT2D eigenvalue weighted by Crippen LogP contribution is 2.22. The van der Waals surface area contributed by atoms with Crippen LogP contribution in [0, 0.1) is 18.7 Å². The molecule has 1 aliphatic rings. The molecule has 0 saturated carbocycles. The summed E-state index contributed by atoms with van der Waals surface area (Å²) in [6.45, 7) is 3.16. The predicted molar refractivity (Wildman–Crippen MR) is 94.4 cm³/mol. The van der Waals surface area contributed by atoms with Crippen LogP contribution in [0.3, 0.4) is 0 Å². The number of hydrogen-bond acceptors (Lipinski definition) is 5. The molecule has 1 aliphatic heterocycles. The molecular formula is C18H23FN4O3. The van der Waals surface area contributed by atoms with Gasteiger partial charge in [-0.2, -0.15) is 5.10 Å². The molecule has 2 heterocycles. The zero-order valence-corrected chi connectivity index (χ0v) is 14.6. The van der Waals surface area contributed by atoms with Gasteiger partial charge >= 0.3 is 0 Å². The summed E-state index contributed by atoms with van der Waals surface area (Å²) < 4.78 is 25.0. The van der Waals surface area contributed by atoms with Gasteiger partial charge in [-0.1, -0.05) is 6.07 Å². The molecule has 2 atom stereocenters. The van der Waals surface area contributed by atoms with Crippen molar-refractivity contribution in [2.75, 3.05) is 25.5 Å². The third-order valence-electron chi connectivity index (χ3n) is 4.50. The topological polar surface area (TPSA) is 102 Å². The molecule has 1 fully saturated rings. The summed E-state index contributed by atoms with van der Waals surface area (Å²) in [5.74, 6) is 0.482. The van der Waals surface area contributed by atoms with Crippen LogP contribution in [0.1, 0.15) is 28.8 Å². The van der Waals surface area contributed by atoms with Gasteiger partial charge in [-0.25, -0.2) is 4.39 Å². The maximum absolute atomic E-state index is 13.5. The number of hydrogen-bond donors (Lipinski definition) is 3. The third kappa shape index (κ3) is 4.51. The average molecular weight is 362 g/mol. The number of anilines is 1. The molecule has 1 amide bonds. The number of rotatable bonds is 6. The summed E-state index contributed by atoms with van der Waals surface area (Å²) in [5.41, 5.74) is 6.55. The van der Waals surface area contributed by atoms with Crippen LogP contribution in [0.5, 0.6) is 5.75 Å². The van der Waals surface area contributed by atoms with Crippen LogP contribution in [0.25, 0.3) is 0 Å². The lowest BCUT2D eigenvalue weighted by molar-refractivity contribution is -0.0251. The van der Waals surface area contributed by atoms with Gasteiger partial charge in [-0.15, -0.1) is 0 Å². The highest BCUT2D eigenvalue weighted by molar-refractivity contribution is 5.98. The van der Waals surface area contributed by atoms with Crippen molar-refractivity contribution < 1.29 is 18.7 Å². The Labute approximate surface area is 151 Å². The fraction of sp³-hybridized carbons (Fsp3) is 0.444. The van der Waals surface area contributed by atoms with E-state index in [9.17, 15) is 9.18 Å². The van der Waals surface area contributed by atoms with E-state index in [4.69, 9.17) is 15.2 Å². The Morgan fingerprint density at radius 3 is 3.00 bits per heavy atom. The van der Waals surface area contributed by atoms with Crippen molar-refractivity contribution >= 4 is 11.7 Å². The van der Waals surface area contributed by atoms with Gasteiger partial charge in [-0.3, -0.25) is 9.89 Å². The number of aromatic nitrogens is 2. The number of halogens is 1. The molecular weight excluding hydrogens is 339 g/mol. The minimum absolute atomic E-state index is 0.0415. The number of nitrogens with zero attached hydrogens (tertiary/aromatic N) is 1. The Bertz CT molecular complexity index is 757. The number of ether oxygens (including phenoxy) is 2. The number of amides is 1. The van der Waals surface area contributed by atoms with Crippen molar-refractivity contribution in [3.63, 3.8) is 0 Å². The van der Waals surface area contributed by atoms with Crippen LogP contribution in [-0.4, -0.2) is 42.0 Å². The molecule has 3 rings (SSSR count). The van der Waals surface area contributed by atoms with E-state index in [1.54, 1.807) is 19.1 Å². The first-order chi connectivity index (χ1) is 12.5. The molecule has 8 heteroatoms. The van der Waals surface area contributed by atoms with Crippen molar-refractivity contribution in [1.82, 2.24) is 15.5 Å². The number of H-pyrrole nitrogens is 1. The summed E-state index contributed by atoms with van der Waals surface area (Å²) in [6.07, 6.45) is 3.09. The smallest absolute Gasteiger partial charge is 0.256 e. The van der Waals surface area contributed by atoms with E-state index in [1.807, 2.05) is 0 Å². The second kappa shape index (κ2) is 8.18. The first kappa shape index (κ1) is 18.2. The highest BCUT2D eigenvalue weighted by Gasteiger charge is 2.23. The van der Waals surface area contributed by atoms with E-state index in [0.717, 1.165) is 12.8 Å². The molecule has 0 bridgehead atoms. The monoisotopic (exact) mass is 362 g/mol. The SMILES string of the molecule is Cc1ccc(OC[C@@H]2CC[C@H](CNC(=O)c3cn[nH]c3N)OC2)cc1F. The van der Waals surface area contributed by atoms with Crippen molar-refractivity contribution in [3.05, 3.63) is 41.3 Å². The molecule has 4 N–H and O–H groups in total. The summed E-state index contributed by atoms with van der Waals surface area (Å²) in [5, 5.41) is 9.05.